The zero-order valence-corrected chi connectivity index (χ0v) is 11.4. The summed E-state index contributed by atoms with van der Waals surface area (Å²) in [7, 11) is 0. The molecule has 2 N–H and O–H groups in total. The highest BCUT2D eigenvalue weighted by Crippen LogP contribution is 2.27. The number of hydrogen-bond donors (Lipinski definition) is 2. The van der Waals surface area contributed by atoms with E-state index < -0.39 is 0 Å². The van der Waals surface area contributed by atoms with Gasteiger partial charge >= 0.3 is 0 Å². The highest BCUT2D eigenvalue weighted by molar-refractivity contribution is 5.62. The van der Waals surface area contributed by atoms with Crippen LogP contribution in [0.4, 0.5) is 5.69 Å². The molecule has 0 bridgehead atoms. The lowest BCUT2D eigenvalue weighted by molar-refractivity contribution is 0.349. The van der Waals surface area contributed by atoms with E-state index in [0.29, 0.717) is 6.04 Å². The van der Waals surface area contributed by atoms with Crippen LogP contribution in [0.2, 0.25) is 0 Å². The van der Waals surface area contributed by atoms with Gasteiger partial charge in [0.05, 0.1) is 5.69 Å². The molecule has 1 aromatic heterocycles. The fourth-order valence-electron chi connectivity index (χ4n) is 2.91. The van der Waals surface area contributed by atoms with Gasteiger partial charge in [0.1, 0.15) is 0 Å². The first kappa shape index (κ1) is 12.3. The summed E-state index contributed by atoms with van der Waals surface area (Å²) in [5.41, 5.74) is 3.47. The Bertz CT molecular complexity index is 501. The molecule has 19 heavy (non-hydrogen) atoms. The molecule has 1 fully saturated rings. The number of anilines is 1. The first-order valence-corrected chi connectivity index (χ1v) is 7.19. The molecule has 2 aromatic rings. The van der Waals surface area contributed by atoms with Crippen molar-refractivity contribution in [1.29, 1.82) is 0 Å². The summed E-state index contributed by atoms with van der Waals surface area (Å²) in [6.07, 6.45) is 7.17. The predicted octanol–water partition coefficient (Wildman–Crippen LogP) is 4.07. The van der Waals surface area contributed by atoms with Crippen molar-refractivity contribution in [3.63, 3.8) is 0 Å². The molecule has 3 rings (SSSR count). The number of nitrogens with zero attached hydrogens (tertiary/aromatic N) is 1. The smallest absolute Gasteiger partial charge is 0.0650 e. The van der Waals surface area contributed by atoms with Gasteiger partial charge in [-0.3, -0.25) is 5.10 Å². The fourth-order valence-corrected chi connectivity index (χ4v) is 2.91. The molecule has 100 valence electrons. The zero-order chi connectivity index (χ0) is 13.1. The second-order valence-electron chi connectivity index (χ2n) is 5.56. The lowest BCUT2D eigenvalue weighted by Gasteiger charge is -2.30. The molecule has 3 nitrogen and oxygen atoms in total. The van der Waals surface area contributed by atoms with E-state index in [2.05, 4.69) is 46.7 Å². The maximum atomic E-state index is 3.98. The summed E-state index contributed by atoms with van der Waals surface area (Å²) in [5.74, 6) is 0.779. The van der Waals surface area contributed by atoms with Crippen LogP contribution in [0.5, 0.6) is 0 Å². The van der Waals surface area contributed by atoms with Gasteiger partial charge in [0.2, 0.25) is 0 Å². The maximum Gasteiger partial charge on any atom is 0.0650 e. The maximum absolute atomic E-state index is 3.98. The Morgan fingerprint density at radius 2 is 1.89 bits per heavy atom. The molecule has 1 aliphatic carbocycles. The number of rotatable bonds is 3. The Morgan fingerprint density at radius 1 is 1.11 bits per heavy atom. The van der Waals surface area contributed by atoms with E-state index in [9.17, 15) is 0 Å². The largest absolute Gasteiger partial charge is 0.382 e. The average Bonchev–Trinajstić information content (AvgIpc) is 2.96. The number of aromatic amines is 1. The SMILES string of the molecule is CC1CCCCC1Nc1ccc(-c2ccn[nH]2)cc1. The van der Waals surface area contributed by atoms with Crippen LogP contribution in [0.3, 0.4) is 0 Å². The van der Waals surface area contributed by atoms with Crippen LogP contribution in [0.1, 0.15) is 32.6 Å². The summed E-state index contributed by atoms with van der Waals surface area (Å²) in [6.45, 7) is 2.36. The first-order chi connectivity index (χ1) is 9.33. The van der Waals surface area contributed by atoms with Crippen molar-refractivity contribution >= 4 is 5.69 Å². The second kappa shape index (κ2) is 5.47. The molecule has 2 unspecified atom stereocenters. The van der Waals surface area contributed by atoms with Gasteiger partial charge < -0.3 is 5.32 Å². The fraction of sp³-hybridized carbons (Fsp3) is 0.438. The Labute approximate surface area is 114 Å². The van der Waals surface area contributed by atoms with Crippen LogP contribution in [-0.4, -0.2) is 16.2 Å². The molecular formula is C16H21N3. The number of H-pyrrole nitrogens is 1. The van der Waals surface area contributed by atoms with Crippen molar-refractivity contribution in [3.8, 4) is 11.3 Å². The van der Waals surface area contributed by atoms with E-state index in [1.54, 1.807) is 6.20 Å². The summed E-state index contributed by atoms with van der Waals surface area (Å²) in [4.78, 5) is 0. The summed E-state index contributed by atoms with van der Waals surface area (Å²) in [5, 5.41) is 10.7. The molecule has 0 aliphatic heterocycles. The molecular weight excluding hydrogens is 234 g/mol. The second-order valence-corrected chi connectivity index (χ2v) is 5.56. The molecule has 2 atom stereocenters. The Morgan fingerprint density at radius 3 is 2.58 bits per heavy atom. The quantitative estimate of drug-likeness (QED) is 0.868. The van der Waals surface area contributed by atoms with Crippen LogP contribution in [0.25, 0.3) is 11.3 Å². The molecule has 1 aromatic carbocycles. The van der Waals surface area contributed by atoms with Gasteiger partial charge in [-0.15, -0.1) is 0 Å². The van der Waals surface area contributed by atoms with Crippen LogP contribution in [0, 0.1) is 5.92 Å². The van der Waals surface area contributed by atoms with Gasteiger partial charge in [-0.05, 0) is 42.5 Å². The summed E-state index contributed by atoms with van der Waals surface area (Å²) >= 11 is 0. The molecule has 0 saturated heterocycles. The van der Waals surface area contributed by atoms with Crippen molar-refractivity contribution < 1.29 is 0 Å². The van der Waals surface area contributed by atoms with Crippen molar-refractivity contribution in [2.24, 2.45) is 5.92 Å². The third-order valence-corrected chi connectivity index (χ3v) is 4.16. The van der Waals surface area contributed by atoms with Gasteiger partial charge in [-0.25, -0.2) is 0 Å². The van der Waals surface area contributed by atoms with Gasteiger partial charge in [-0.1, -0.05) is 31.9 Å². The minimum atomic E-state index is 0.631. The minimum Gasteiger partial charge on any atom is -0.382 e. The Balaban J connectivity index is 1.69. The number of nitrogens with one attached hydrogen (secondary N) is 2. The van der Waals surface area contributed by atoms with Gasteiger partial charge in [0, 0.05) is 17.9 Å². The van der Waals surface area contributed by atoms with E-state index in [-0.39, 0.29) is 0 Å². The van der Waals surface area contributed by atoms with E-state index in [0.717, 1.165) is 11.6 Å². The Kier molecular flexibility index (Phi) is 3.53. The molecule has 0 amide bonds. The number of hydrogen-bond acceptors (Lipinski definition) is 2. The monoisotopic (exact) mass is 255 g/mol. The summed E-state index contributed by atoms with van der Waals surface area (Å²) < 4.78 is 0. The normalized spacial score (nSPS) is 23.2. The number of aromatic nitrogens is 2. The minimum absolute atomic E-state index is 0.631. The van der Waals surface area contributed by atoms with Crippen LogP contribution in [-0.2, 0) is 0 Å². The zero-order valence-electron chi connectivity index (χ0n) is 11.4. The van der Waals surface area contributed by atoms with Crippen LogP contribution in [0.15, 0.2) is 36.5 Å². The predicted molar refractivity (Wildman–Crippen MR) is 79.1 cm³/mol. The molecule has 3 heteroatoms. The molecule has 1 aliphatic rings. The topological polar surface area (TPSA) is 40.7 Å². The van der Waals surface area contributed by atoms with Gasteiger partial charge in [0.25, 0.3) is 0 Å². The molecule has 1 heterocycles. The van der Waals surface area contributed by atoms with E-state index in [1.165, 1.54) is 36.9 Å². The molecule has 0 radical (unpaired) electrons. The van der Waals surface area contributed by atoms with Crippen molar-refractivity contribution in [2.75, 3.05) is 5.32 Å². The van der Waals surface area contributed by atoms with Crippen molar-refractivity contribution in [3.05, 3.63) is 36.5 Å². The standard InChI is InChI=1S/C16H21N3/c1-12-4-2-3-5-15(12)18-14-8-6-13(7-9-14)16-10-11-17-19-16/h6-12,15,18H,2-5H2,1H3,(H,17,19). The molecule has 1 saturated carbocycles. The van der Waals surface area contributed by atoms with E-state index >= 15 is 0 Å². The van der Waals surface area contributed by atoms with Crippen molar-refractivity contribution in [1.82, 2.24) is 10.2 Å². The number of benzene rings is 1. The summed E-state index contributed by atoms with van der Waals surface area (Å²) in [6, 6.07) is 11.2. The van der Waals surface area contributed by atoms with Crippen LogP contribution < -0.4 is 5.32 Å². The third-order valence-electron chi connectivity index (χ3n) is 4.16. The van der Waals surface area contributed by atoms with E-state index in [1.807, 2.05) is 6.07 Å². The van der Waals surface area contributed by atoms with Gasteiger partial charge in [0.15, 0.2) is 0 Å². The Hall–Kier alpha value is -1.77. The highest BCUT2D eigenvalue weighted by Gasteiger charge is 2.20. The third kappa shape index (κ3) is 2.80. The van der Waals surface area contributed by atoms with Crippen LogP contribution >= 0.6 is 0 Å². The van der Waals surface area contributed by atoms with Crippen molar-refractivity contribution in [2.45, 2.75) is 38.6 Å². The molecule has 0 spiro atoms. The highest BCUT2D eigenvalue weighted by atomic mass is 15.1. The average molecular weight is 255 g/mol. The lowest BCUT2D eigenvalue weighted by Crippen LogP contribution is -2.30. The van der Waals surface area contributed by atoms with Gasteiger partial charge in [-0.2, -0.15) is 5.10 Å². The first-order valence-electron chi connectivity index (χ1n) is 7.19. The van der Waals surface area contributed by atoms with E-state index in [4.69, 9.17) is 0 Å². The lowest BCUT2D eigenvalue weighted by atomic mass is 9.86.